The molecule has 0 fully saturated rings. The first-order chi connectivity index (χ1) is 8.21. The Labute approximate surface area is 116 Å². The summed E-state index contributed by atoms with van der Waals surface area (Å²) in [5, 5.41) is 12.8. The highest BCUT2D eigenvalue weighted by Gasteiger charge is 2.23. The summed E-state index contributed by atoms with van der Waals surface area (Å²) in [4.78, 5) is 13.8. The quantitative estimate of drug-likeness (QED) is 0.845. The van der Waals surface area contributed by atoms with Gasteiger partial charge < -0.3 is 19.9 Å². The summed E-state index contributed by atoms with van der Waals surface area (Å²) in [7, 11) is 5.56. The Morgan fingerprint density at radius 1 is 1.61 bits per heavy atom. The largest absolute Gasteiger partial charge is 0.387 e. The van der Waals surface area contributed by atoms with E-state index >= 15 is 0 Å². The third-order valence-electron chi connectivity index (χ3n) is 2.49. The van der Waals surface area contributed by atoms with Gasteiger partial charge in [-0.3, -0.25) is 4.79 Å². The van der Waals surface area contributed by atoms with Gasteiger partial charge in [-0.15, -0.1) is 0 Å². The van der Waals surface area contributed by atoms with Crippen LogP contribution in [0.15, 0.2) is 16.7 Å². The van der Waals surface area contributed by atoms with Crippen LogP contribution in [0.1, 0.15) is 17.4 Å². The number of carbonyl (C=O) groups is 1. The van der Waals surface area contributed by atoms with Gasteiger partial charge in [0.05, 0.1) is 5.60 Å². The Bertz CT molecular complexity index is 427. The molecular formula is C12H20BrN3O2. The van der Waals surface area contributed by atoms with Gasteiger partial charge in [0.25, 0.3) is 5.91 Å². The summed E-state index contributed by atoms with van der Waals surface area (Å²) in [6, 6.07) is 1.75. The zero-order valence-corrected chi connectivity index (χ0v) is 12.8. The van der Waals surface area contributed by atoms with Crippen molar-refractivity contribution in [3.05, 3.63) is 22.4 Å². The van der Waals surface area contributed by atoms with Crippen LogP contribution < -0.4 is 5.32 Å². The first kappa shape index (κ1) is 15.2. The lowest BCUT2D eigenvalue weighted by Gasteiger charge is -2.27. The fraction of sp³-hybridized carbons (Fsp3) is 0.583. The number of aliphatic hydroxyl groups is 1. The van der Waals surface area contributed by atoms with Gasteiger partial charge >= 0.3 is 0 Å². The summed E-state index contributed by atoms with van der Waals surface area (Å²) in [5.74, 6) is -0.192. The topological polar surface area (TPSA) is 57.5 Å². The maximum absolute atomic E-state index is 11.9. The predicted octanol–water partition coefficient (Wildman–Crippen LogP) is 0.830. The maximum Gasteiger partial charge on any atom is 0.268 e. The molecule has 0 bridgehead atoms. The molecule has 5 nitrogen and oxygen atoms in total. The number of likely N-dealkylation sites (N-methyl/N-ethyl adjacent to an activating group) is 1. The number of nitrogens with one attached hydrogen (secondary N) is 1. The number of halogens is 1. The van der Waals surface area contributed by atoms with Crippen molar-refractivity contribution in [2.45, 2.75) is 12.5 Å². The molecule has 6 heteroatoms. The number of hydrogen-bond donors (Lipinski definition) is 2. The Hall–Kier alpha value is -0.850. The SMILES string of the molecule is CN(C)CC(C)(O)CNC(=O)c1cc(Br)cn1C. The molecule has 1 aromatic heterocycles. The van der Waals surface area contributed by atoms with Gasteiger partial charge in [0.2, 0.25) is 0 Å². The van der Waals surface area contributed by atoms with Crippen molar-refractivity contribution in [3.63, 3.8) is 0 Å². The van der Waals surface area contributed by atoms with Crippen LogP contribution in [0.5, 0.6) is 0 Å². The van der Waals surface area contributed by atoms with Crippen LogP contribution in [0, 0.1) is 0 Å². The fourth-order valence-electron chi connectivity index (χ4n) is 1.85. The minimum absolute atomic E-state index is 0.192. The maximum atomic E-state index is 11.9. The fourth-order valence-corrected chi connectivity index (χ4v) is 2.37. The van der Waals surface area contributed by atoms with E-state index in [9.17, 15) is 9.90 Å². The summed E-state index contributed by atoms with van der Waals surface area (Å²) in [6.45, 7) is 2.41. The first-order valence-corrected chi connectivity index (χ1v) is 6.48. The van der Waals surface area contributed by atoms with E-state index in [4.69, 9.17) is 0 Å². The highest BCUT2D eigenvalue weighted by molar-refractivity contribution is 9.10. The second kappa shape index (κ2) is 5.86. The van der Waals surface area contributed by atoms with E-state index in [1.165, 1.54) is 0 Å². The van der Waals surface area contributed by atoms with Crippen molar-refractivity contribution in [1.82, 2.24) is 14.8 Å². The average Bonchev–Trinajstić information content (AvgIpc) is 2.52. The Kier molecular flexibility index (Phi) is 4.95. The van der Waals surface area contributed by atoms with E-state index < -0.39 is 5.60 Å². The monoisotopic (exact) mass is 317 g/mol. The summed E-state index contributed by atoms with van der Waals surface area (Å²) in [6.07, 6.45) is 1.81. The van der Waals surface area contributed by atoms with Crippen molar-refractivity contribution < 1.29 is 9.90 Å². The molecule has 0 aliphatic heterocycles. The molecule has 102 valence electrons. The van der Waals surface area contributed by atoms with Crippen molar-refractivity contribution >= 4 is 21.8 Å². The molecule has 0 saturated heterocycles. The Morgan fingerprint density at radius 3 is 2.67 bits per heavy atom. The van der Waals surface area contributed by atoms with Gasteiger partial charge in [0.15, 0.2) is 0 Å². The van der Waals surface area contributed by atoms with E-state index in [-0.39, 0.29) is 12.5 Å². The predicted molar refractivity (Wildman–Crippen MR) is 74.6 cm³/mol. The van der Waals surface area contributed by atoms with Gasteiger partial charge in [0.1, 0.15) is 5.69 Å². The molecule has 1 atom stereocenters. The minimum Gasteiger partial charge on any atom is -0.387 e. The van der Waals surface area contributed by atoms with Crippen molar-refractivity contribution in [2.24, 2.45) is 7.05 Å². The number of rotatable bonds is 5. The van der Waals surface area contributed by atoms with Crippen LogP contribution in [0.3, 0.4) is 0 Å². The molecule has 0 aliphatic carbocycles. The minimum atomic E-state index is -0.943. The summed E-state index contributed by atoms with van der Waals surface area (Å²) >= 11 is 3.32. The molecule has 18 heavy (non-hydrogen) atoms. The molecule has 1 heterocycles. The zero-order valence-electron chi connectivity index (χ0n) is 11.2. The molecule has 2 N–H and O–H groups in total. The zero-order chi connectivity index (χ0) is 13.9. The van der Waals surface area contributed by atoms with E-state index in [1.807, 2.05) is 25.2 Å². The molecule has 0 radical (unpaired) electrons. The third kappa shape index (κ3) is 4.44. The molecule has 1 unspecified atom stereocenters. The van der Waals surface area contributed by atoms with Crippen LogP contribution in [-0.4, -0.2) is 53.3 Å². The molecule has 0 spiro atoms. The van der Waals surface area contributed by atoms with E-state index in [0.29, 0.717) is 12.2 Å². The molecule has 1 amide bonds. The van der Waals surface area contributed by atoms with Gasteiger partial charge in [-0.1, -0.05) is 0 Å². The number of nitrogens with zero attached hydrogens (tertiary/aromatic N) is 2. The van der Waals surface area contributed by atoms with Crippen LogP contribution in [0.4, 0.5) is 0 Å². The van der Waals surface area contributed by atoms with Crippen LogP contribution in [0.2, 0.25) is 0 Å². The number of aromatic nitrogens is 1. The summed E-state index contributed by atoms with van der Waals surface area (Å²) in [5.41, 5.74) is -0.385. The van der Waals surface area contributed by atoms with E-state index in [1.54, 1.807) is 24.6 Å². The van der Waals surface area contributed by atoms with Crippen molar-refractivity contribution in [2.75, 3.05) is 27.2 Å². The van der Waals surface area contributed by atoms with Crippen LogP contribution >= 0.6 is 15.9 Å². The van der Waals surface area contributed by atoms with Gasteiger partial charge in [-0.25, -0.2) is 0 Å². The first-order valence-electron chi connectivity index (χ1n) is 5.68. The lowest BCUT2D eigenvalue weighted by molar-refractivity contribution is 0.0324. The smallest absolute Gasteiger partial charge is 0.268 e. The highest BCUT2D eigenvalue weighted by Crippen LogP contribution is 2.13. The molecular weight excluding hydrogens is 298 g/mol. The van der Waals surface area contributed by atoms with Crippen LogP contribution in [0.25, 0.3) is 0 Å². The van der Waals surface area contributed by atoms with Gasteiger partial charge in [-0.05, 0) is 43.0 Å². The van der Waals surface area contributed by atoms with E-state index in [2.05, 4.69) is 21.2 Å². The van der Waals surface area contributed by atoms with Crippen LogP contribution in [-0.2, 0) is 7.05 Å². The molecule has 0 aliphatic rings. The van der Waals surface area contributed by atoms with Gasteiger partial charge in [0, 0.05) is 30.8 Å². The Morgan fingerprint density at radius 2 is 2.22 bits per heavy atom. The lowest BCUT2D eigenvalue weighted by Crippen LogP contribution is -2.47. The third-order valence-corrected chi connectivity index (χ3v) is 2.92. The van der Waals surface area contributed by atoms with E-state index in [0.717, 1.165) is 4.47 Å². The molecule has 0 aromatic carbocycles. The Balaban J connectivity index is 2.59. The van der Waals surface area contributed by atoms with Gasteiger partial charge in [-0.2, -0.15) is 0 Å². The van der Waals surface area contributed by atoms with Crippen molar-refractivity contribution in [1.29, 1.82) is 0 Å². The molecule has 1 aromatic rings. The number of amides is 1. The standard InChI is InChI=1S/C12H20BrN3O2/c1-12(18,8-15(2)3)7-14-11(17)10-5-9(13)6-16(10)4/h5-6,18H,7-8H2,1-4H3,(H,14,17). The lowest BCUT2D eigenvalue weighted by atomic mass is 10.1. The molecule has 0 saturated carbocycles. The second-order valence-corrected chi connectivity index (χ2v) is 5.99. The normalized spacial score (nSPS) is 14.6. The summed E-state index contributed by atoms with van der Waals surface area (Å²) < 4.78 is 2.59. The molecule has 1 rings (SSSR count). The number of hydrogen-bond acceptors (Lipinski definition) is 3. The van der Waals surface area contributed by atoms with Crippen molar-refractivity contribution in [3.8, 4) is 0 Å². The second-order valence-electron chi connectivity index (χ2n) is 5.07. The average molecular weight is 318 g/mol. The highest BCUT2D eigenvalue weighted by atomic mass is 79.9. The number of carbonyl (C=O) groups excluding carboxylic acids is 1. The number of aryl methyl sites for hydroxylation is 1.